The lowest BCUT2D eigenvalue weighted by molar-refractivity contribution is -0.117. The number of aromatic nitrogens is 1. The molecule has 0 amide bonds. The number of aldehydes is 1. The summed E-state index contributed by atoms with van der Waals surface area (Å²) in [7, 11) is 0. The number of nitrogens with one attached hydrogen (secondary N) is 2. The molecule has 6 N–H and O–H groups in total. The Morgan fingerprint density at radius 2 is 1.92 bits per heavy atom. The van der Waals surface area contributed by atoms with Crippen molar-refractivity contribution >= 4 is 28.7 Å². The fourth-order valence-electron chi connectivity index (χ4n) is 2.49. The minimum absolute atomic E-state index is 0.0283. The topological polar surface area (TPSA) is 160 Å². The van der Waals surface area contributed by atoms with Crippen LogP contribution in [0.5, 0.6) is 0 Å². The van der Waals surface area contributed by atoms with E-state index in [0.29, 0.717) is 22.9 Å². The van der Waals surface area contributed by atoms with Gasteiger partial charge in [-0.3, -0.25) is 9.59 Å². The highest BCUT2D eigenvalue weighted by molar-refractivity contribution is 5.97. The molecule has 26 heavy (non-hydrogen) atoms. The van der Waals surface area contributed by atoms with Crippen LogP contribution >= 0.6 is 0 Å². The molecular weight excluding hydrogens is 344 g/mol. The first-order valence-electron chi connectivity index (χ1n) is 7.83. The van der Waals surface area contributed by atoms with Crippen LogP contribution in [0.25, 0.3) is 10.9 Å². The Morgan fingerprint density at radius 1 is 1.23 bits per heavy atom. The SMILES string of the molecule is CC(=O)c1cc2ccc(N[C@H](C=O)[C@H](O)[C@@H](O)[C@@H](O)CO)cc2[nH]c1=O. The van der Waals surface area contributed by atoms with Gasteiger partial charge in [-0.25, -0.2) is 0 Å². The molecule has 0 bridgehead atoms. The number of carbonyl (C=O) groups excluding carboxylic acids is 2. The summed E-state index contributed by atoms with van der Waals surface area (Å²) in [5.41, 5.74) is 0.238. The third kappa shape index (κ3) is 4.14. The zero-order valence-corrected chi connectivity index (χ0v) is 13.9. The van der Waals surface area contributed by atoms with Gasteiger partial charge in [0.05, 0.1) is 17.7 Å². The average Bonchev–Trinajstić information content (AvgIpc) is 2.63. The predicted octanol–water partition coefficient (Wildman–Crippen LogP) is -1.21. The number of carbonyl (C=O) groups is 2. The van der Waals surface area contributed by atoms with Gasteiger partial charge in [0.2, 0.25) is 0 Å². The number of Topliss-reactive ketones (excluding diaryl/α,β-unsaturated/α-hetero) is 1. The Kier molecular flexibility index (Phi) is 6.22. The van der Waals surface area contributed by atoms with Crippen molar-refractivity contribution in [2.75, 3.05) is 11.9 Å². The Hall–Kier alpha value is -2.59. The number of aromatic amines is 1. The van der Waals surface area contributed by atoms with Crippen LogP contribution in [0.2, 0.25) is 0 Å². The Morgan fingerprint density at radius 3 is 2.50 bits per heavy atom. The molecule has 0 fully saturated rings. The average molecular weight is 364 g/mol. The highest BCUT2D eigenvalue weighted by Gasteiger charge is 2.31. The first kappa shape index (κ1) is 19.7. The number of ketones is 1. The second-order valence-corrected chi connectivity index (χ2v) is 5.91. The minimum atomic E-state index is -1.74. The van der Waals surface area contributed by atoms with Crippen molar-refractivity contribution in [3.05, 3.63) is 40.2 Å². The van der Waals surface area contributed by atoms with E-state index in [1.54, 1.807) is 12.1 Å². The molecular formula is C17H20N2O7. The van der Waals surface area contributed by atoms with Crippen molar-refractivity contribution in [1.82, 2.24) is 4.98 Å². The quantitative estimate of drug-likeness (QED) is 0.251. The molecule has 1 heterocycles. The van der Waals surface area contributed by atoms with Crippen LogP contribution in [-0.4, -0.2) is 68.4 Å². The molecule has 0 aliphatic heterocycles. The number of aliphatic hydroxyl groups excluding tert-OH is 4. The van der Waals surface area contributed by atoms with Crippen LogP contribution in [0.1, 0.15) is 17.3 Å². The standard InChI is InChI=1S/C17H20N2O7/c1-8(22)11-4-9-2-3-10(5-12(9)19-17(11)26)18-13(6-20)15(24)16(25)14(23)7-21/h2-6,13-16,18,21,23-25H,7H2,1H3,(H,19,26)/t13-,14+,15+,16+/m1/s1. The van der Waals surface area contributed by atoms with Gasteiger partial charge in [-0.1, -0.05) is 6.07 Å². The lowest BCUT2D eigenvalue weighted by atomic mass is 10.0. The Labute approximate surface area is 147 Å². The van der Waals surface area contributed by atoms with Crippen molar-refractivity contribution < 1.29 is 30.0 Å². The summed E-state index contributed by atoms with van der Waals surface area (Å²) in [6, 6.07) is 4.84. The normalized spacial score (nSPS) is 15.9. The zero-order valence-electron chi connectivity index (χ0n) is 13.9. The number of benzene rings is 1. The van der Waals surface area contributed by atoms with E-state index >= 15 is 0 Å². The molecule has 9 heteroatoms. The molecule has 0 saturated heterocycles. The van der Waals surface area contributed by atoms with Gasteiger partial charge in [-0.05, 0) is 30.5 Å². The minimum Gasteiger partial charge on any atom is -0.394 e. The number of hydrogen-bond acceptors (Lipinski definition) is 8. The van der Waals surface area contributed by atoms with Crippen LogP contribution < -0.4 is 10.9 Å². The van der Waals surface area contributed by atoms with E-state index in [4.69, 9.17) is 5.11 Å². The maximum absolute atomic E-state index is 11.9. The van der Waals surface area contributed by atoms with Crippen LogP contribution in [-0.2, 0) is 4.79 Å². The highest BCUT2D eigenvalue weighted by atomic mass is 16.4. The highest BCUT2D eigenvalue weighted by Crippen LogP contribution is 2.19. The molecule has 2 aromatic rings. The molecule has 140 valence electrons. The van der Waals surface area contributed by atoms with Gasteiger partial charge < -0.3 is 35.5 Å². The molecule has 0 spiro atoms. The van der Waals surface area contributed by atoms with Crippen molar-refractivity contribution in [3.8, 4) is 0 Å². The molecule has 0 radical (unpaired) electrons. The number of H-pyrrole nitrogens is 1. The maximum Gasteiger partial charge on any atom is 0.259 e. The lowest BCUT2D eigenvalue weighted by Crippen LogP contribution is -2.49. The van der Waals surface area contributed by atoms with E-state index in [-0.39, 0.29) is 11.3 Å². The van der Waals surface area contributed by atoms with E-state index < -0.39 is 36.5 Å². The van der Waals surface area contributed by atoms with Crippen molar-refractivity contribution in [2.24, 2.45) is 0 Å². The molecule has 0 saturated carbocycles. The van der Waals surface area contributed by atoms with Gasteiger partial charge in [-0.2, -0.15) is 0 Å². The van der Waals surface area contributed by atoms with Crippen molar-refractivity contribution in [1.29, 1.82) is 0 Å². The lowest BCUT2D eigenvalue weighted by Gasteiger charge is -2.26. The van der Waals surface area contributed by atoms with Crippen LogP contribution in [0.15, 0.2) is 29.1 Å². The maximum atomic E-state index is 11.9. The summed E-state index contributed by atoms with van der Waals surface area (Å²) >= 11 is 0. The summed E-state index contributed by atoms with van der Waals surface area (Å²) in [5, 5.41) is 41.2. The van der Waals surface area contributed by atoms with E-state index in [2.05, 4.69) is 10.3 Å². The molecule has 0 unspecified atom stereocenters. The summed E-state index contributed by atoms with van der Waals surface area (Å²) in [4.78, 5) is 37.1. The van der Waals surface area contributed by atoms with E-state index in [1.165, 1.54) is 19.1 Å². The summed E-state index contributed by atoms with van der Waals surface area (Å²) in [5.74, 6) is -0.365. The molecule has 1 aromatic heterocycles. The number of fused-ring (bicyclic) bond motifs is 1. The number of pyridine rings is 1. The van der Waals surface area contributed by atoms with Crippen molar-refractivity contribution in [3.63, 3.8) is 0 Å². The summed E-state index contributed by atoms with van der Waals surface area (Å²) in [6.07, 6.45) is -4.66. The monoisotopic (exact) mass is 364 g/mol. The third-order valence-electron chi connectivity index (χ3n) is 4.00. The van der Waals surface area contributed by atoms with Crippen LogP contribution in [0, 0.1) is 0 Å². The smallest absolute Gasteiger partial charge is 0.259 e. The Balaban J connectivity index is 2.29. The van der Waals surface area contributed by atoms with Gasteiger partial charge in [0.1, 0.15) is 30.6 Å². The van der Waals surface area contributed by atoms with Gasteiger partial charge in [-0.15, -0.1) is 0 Å². The fourth-order valence-corrected chi connectivity index (χ4v) is 2.49. The number of aliphatic hydroxyl groups is 4. The Bertz CT molecular complexity index is 864. The molecule has 4 atom stereocenters. The van der Waals surface area contributed by atoms with Crippen LogP contribution in [0.3, 0.4) is 0 Å². The second kappa shape index (κ2) is 8.19. The first-order chi connectivity index (χ1) is 12.3. The van der Waals surface area contributed by atoms with E-state index in [0.717, 1.165) is 0 Å². The zero-order chi connectivity index (χ0) is 19.4. The summed E-state index contributed by atoms with van der Waals surface area (Å²) in [6.45, 7) is 0.508. The number of rotatable bonds is 8. The number of anilines is 1. The second-order valence-electron chi connectivity index (χ2n) is 5.91. The molecule has 2 rings (SSSR count). The van der Waals surface area contributed by atoms with Gasteiger partial charge in [0, 0.05) is 5.69 Å². The van der Waals surface area contributed by atoms with Crippen LogP contribution in [0.4, 0.5) is 5.69 Å². The van der Waals surface area contributed by atoms with Crippen molar-refractivity contribution in [2.45, 2.75) is 31.3 Å². The largest absolute Gasteiger partial charge is 0.394 e. The number of hydrogen-bond donors (Lipinski definition) is 6. The van der Waals surface area contributed by atoms with E-state index in [9.17, 15) is 29.7 Å². The van der Waals surface area contributed by atoms with Gasteiger partial charge in [0.25, 0.3) is 5.56 Å². The van der Waals surface area contributed by atoms with E-state index in [1.807, 2.05) is 0 Å². The molecule has 1 aromatic carbocycles. The molecule has 9 nitrogen and oxygen atoms in total. The fraction of sp³-hybridized carbons (Fsp3) is 0.353. The van der Waals surface area contributed by atoms with Gasteiger partial charge >= 0.3 is 0 Å². The van der Waals surface area contributed by atoms with Gasteiger partial charge in [0.15, 0.2) is 5.78 Å². The molecule has 0 aliphatic rings. The third-order valence-corrected chi connectivity index (χ3v) is 4.00. The summed E-state index contributed by atoms with van der Waals surface area (Å²) < 4.78 is 0. The predicted molar refractivity (Wildman–Crippen MR) is 93.2 cm³/mol. The first-order valence-corrected chi connectivity index (χ1v) is 7.83. The molecule has 0 aliphatic carbocycles.